The second-order valence-corrected chi connectivity index (χ2v) is 3.55. The van der Waals surface area contributed by atoms with Crippen LogP contribution >= 0.6 is 0 Å². The minimum absolute atomic E-state index is 0.00743. The number of rotatable bonds is 1. The van der Waals surface area contributed by atoms with Gasteiger partial charge < -0.3 is 9.84 Å². The first kappa shape index (κ1) is 8.80. The quantitative estimate of drug-likeness (QED) is 0.684. The highest BCUT2D eigenvalue weighted by molar-refractivity contribution is 5.79. The molecule has 13 heavy (non-hydrogen) atoms. The largest absolute Gasteiger partial charge is 0.479 e. The third-order valence-electron chi connectivity index (χ3n) is 2.68. The SMILES string of the molecule is O=C(O)C12CC(C1)C(C(F)(F)F)O2. The van der Waals surface area contributed by atoms with Gasteiger partial charge in [0.1, 0.15) is 0 Å². The van der Waals surface area contributed by atoms with Gasteiger partial charge in [-0.15, -0.1) is 0 Å². The number of carboxylic acid groups (broad SMARTS) is 1. The van der Waals surface area contributed by atoms with E-state index in [1.807, 2.05) is 0 Å². The summed E-state index contributed by atoms with van der Waals surface area (Å²) in [4.78, 5) is 10.5. The number of ether oxygens (including phenoxy) is 1. The van der Waals surface area contributed by atoms with Crippen molar-refractivity contribution >= 4 is 5.97 Å². The Labute approximate surface area is 71.5 Å². The standard InChI is InChI=1S/C7H7F3O3/c8-7(9,10)4-3-1-6(2-3,13-4)5(11)12/h3-4H,1-2H2,(H,11,12). The number of hydrogen-bond donors (Lipinski definition) is 1. The first-order valence-corrected chi connectivity index (χ1v) is 3.83. The number of hydrogen-bond acceptors (Lipinski definition) is 2. The highest BCUT2D eigenvalue weighted by atomic mass is 19.4. The molecule has 1 N–H and O–H groups in total. The molecule has 74 valence electrons. The molecule has 2 saturated heterocycles. The molecule has 1 aliphatic carbocycles. The van der Waals surface area contributed by atoms with Crippen LogP contribution in [0.1, 0.15) is 12.8 Å². The molecular weight excluding hydrogens is 189 g/mol. The van der Waals surface area contributed by atoms with Crippen molar-refractivity contribution in [2.45, 2.75) is 30.7 Å². The Morgan fingerprint density at radius 1 is 1.46 bits per heavy atom. The van der Waals surface area contributed by atoms with Crippen molar-refractivity contribution in [2.75, 3.05) is 0 Å². The molecule has 1 saturated carbocycles. The Morgan fingerprint density at radius 2 is 2.00 bits per heavy atom. The monoisotopic (exact) mass is 196 g/mol. The zero-order chi connectivity index (χ0) is 9.85. The summed E-state index contributed by atoms with van der Waals surface area (Å²) < 4.78 is 41.0. The number of fused-ring (bicyclic) bond motifs is 1. The number of alkyl halides is 3. The van der Waals surface area contributed by atoms with E-state index in [4.69, 9.17) is 5.11 Å². The van der Waals surface area contributed by atoms with Gasteiger partial charge >= 0.3 is 12.1 Å². The van der Waals surface area contributed by atoms with E-state index in [9.17, 15) is 18.0 Å². The minimum atomic E-state index is -4.43. The lowest BCUT2D eigenvalue weighted by atomic mass is 9.72. The predicted molar refractivity (Wildman–Crippen MR) is 34.0 cm³/mol. The average Bonchev–Trinajstić information content (AvgIpc) is 2.33. The van der Waals surface area contributed by atoms with Gasteiger partial charge in [0.2, 0.25) is 0 Å². The first-order valence-electron chi connectivity index (χ1n) is 3.83. The Morgan fingerprint density at radius 3 is 2.23 bits per heavy atom. The van der Waals surface area contributed by atoms with Crippen LogP contribution in [-0.2, 0) is 9.53 Å². The van der Waals surface area contributed by atoms with Gasteiger partial charge in [0.15, 0.2) is 11.7 Å². The van der Waals surface area contributed by atoms with Crippen molar-refractivity contribution < 1.29 is 27.8 Å². The average molecular weight is 196 g/mol. The summed E-state index contributed by atoms with van der Waals surface area (Å²) in [5.41, 5.74) is -1.54. The van der Waals surface area contributed by atoms with Crippen LogP contribution in [0.5, 0.6) is 0 Å². The summed E-state index contributed by atoms with van der Waals surface area (Å²) in [5.74, 6) is -1.94. The second kappa shape index (κ2) is 2.17. The first-order chi connectivity index (χ1) is 5.85. The highest BCUT2D eigenvalue weighted by Crippen LogP contribution is 2.56. The van der Waals surface area contributed by atoms with Crippen molar-refractivity contribution in [2.24, 2.45) is 5.92 Å². The lowest BCUT2D eigenvalue weighted by molar-refractivity contribution is -0.219. The summed E-state index contributed by atoms with van der Waals surface area (Å²) in [5, 5.41) is 8.60. The summed E-state index contributed by atoms with van der Waals surface area (Å²) in [6.45, 7) is 0. The van der Waals surface area contributed by atoms with Gasteiger partial charge in [-0.25, -0.2) is 4.79 Å². The van der Waals surface area contributed by atoms with Crippen molar-refractivity contribution in [3.63, 3.8) is 0 Å². The zero-order valence-electron chi connectivity index (χ0n) is 6.47. The fourth-order valence-corrected chi connectivity index (χ4v) is 2.00. The van der Waals surface area contributed by atoms with Crippen LogP contribution in [0.25, 0.3) is 0 Å². The molecule has 2 aliphatic heterocycles. The smallest absolute Gasteiger partial charge is 0.414 e. The summed E-state index contributed by atoms with van der Waals surface area (Å²) in [7, 11) is 0. The molecule has 2 bridgehead atoms. The van der Waals surface area contributed by atoms with Crippen molar-refractivity contribution in [3.05, 3.63) is 0 Å². The number of aliphatic carboxylic acids is 1. The van der Waals surface area contributed by atoms with Crippen LogP contribution in [-0.4, -0.2) is 29.0 Å². The topological polar surface area (TPSA) is 46.5 Å². The predicted octanol–water partition coefficient (Wildman–Crippen LogP) is 1.18. The van der Waals surface area contributed by atoms with Crippen molar-refractivity contribution in [1.29, 1.82) is 0 Å². The molecule has 0 radical (unpaired) electrons. The Hall–Kier alpha value is -0.780. The maximum atomic E-state index is 12.2. The molecular formula is C7H7F3O3. The third kappa shape index (κ3) is 1.04. The van der Waals surface area contributed by atoms with Crippen LogP contribution in [0.4, 0.5) is 13.2 Å². The molecule has 1 atom stereocenters. The fourth-order valence-electron chi connectivity index (χ4n) is 2.00. The van der Waals surface area contributed by atoms with Crippen LogP contribution < -0.4 is 0 Å². The van der Waals surface area contributed by atoms with Crippen molar-refractivity contribution in [3.8, 4) is 0 Å². The molecule has 6 heteroatoms. The highest BCUT2D eigenvalue weighted by Gasteiger charge is 2.68. The van der Waals surface area contributed by atoms with E-state index in [1.165, 1.54) is 0 Å². The molecule has 0 spiro atoms. The van der Waals surface area contributed by atoms with Crippen LogP contribution in [0, 0.1) is 5.92 Å². The van der Waals surface area contributed by atoms with Gasteiger partial charge in [-0.2, -0.15) is 13.2 Å². The van der Waals surface area contributed by atoms with Gasteiger partial charge in [0, 0.05) is 5.92 Å². The van der Waals surface area contributed by atoms with E-state index in [1.54, 1.807) is 0 Å². The molecule has 0 aromatic rings. The maximum Gasteiger partial charge on any atom is 0.414 e. The van der Waals surface area contributed by atoms with Gasteiger partial charge in [-0.3, -0.25) is 0 Å². The number of carbonyl (C=O) groups is 1. The molecule has 3 aliphatic rings. The Bertz CT molecular complexity index is 254. The molecule has 3 fully saturated rings. The van der Waals surface area contributed by atoms with Crippen LogP contribution in [0.2, 0.25) is 0 Å². The maximum absolute atomic E-state index is 12.2. The van der Waals surface area contributed by atoms with Gasteiger partial charge in [-0.05, 0) is 12.8 Å². The van der Waals surface area contributed by atoms with E-state index >= 15 is 0 Å². The number of halogens is 3. The zero-order valence-corrected chi connectivity index (χ0v) is 6.47. The van der Waals surface area contributed by atoms with Crippen LogP contribution in [0.15, 0.2) is 0 Å². The minimum Gasteiger partial charge on any atom is -0.479 e. The molecule has 3 nitrogen and oxygen atoms in total. The summed E-state index contributed by atoms with van der Waals surface area (Å²) in [6.07, 6.45) is -6.32. The molecule has 3 rings (SSSR count). The molecule has 0 amide bonds. The fraction of sp³-hybridized carbons (Fsp3) is 0.857. The molecule has 1 unspecified atom stereocenters. The van der Waals surface area contributed by atoms with Crippen molar-refractivity contribution in [1.82, 2.24) is 0 Å². The second-order valence-electron chi connectivity index (χ2n) is 3.55. The van der Waals surface area contributed by atoms with Gasteiger partial charge in [0.25, 0.3) is 0 Å². The lowest BCUT2D eigenvalue weighted by Gasteiger charge is -2.30. The molecule has 0 aromatic carbocycles. The normalized spacial score (nSPS) is 43.0. The van der Waals surface area contributed by atoms with Crippen LogP contribution in [0.3, 0.4) is 0 Å². The van der Waals surface area contributed by atoms with E-state index in [0.717, 1.165) is 0 Å². The summed E-state index contributed by atoms with van der Waals surface area (Å²) in [6, 6.07) is 0. The Balaban J connectivity index is 2.14. The Kier molecular flexibility index (Phi) is 1.47. The van der Waals surface area contributed by atoms with E-state index < -0.39 is 29.8 Å². The van der Waals surface area contributed by atoms with E-state index in [0.29, 0.717) is 0 Å². The molecule has 0 aromatic heterocycles. The summed E-state index contributed by atoms with van der Waals surface area (Å²) >= 11 is 0. The van der Waals surface area contributed by atoms with E-state index in [2.05, 4.69) is 4.74 Å². The number of carboxylic acids is 1. The third-order valence-corrected chi connectivity index (χ3v) is 2.68. The van der Waals surface area contributed by atoms with Gasteiger partial charge in [0.05, 0.1) is 0 Å². The van der Waals surface area contributed by atoms with E-state index in [-0.39, 0.29) is 12.8 Å². The molecule has 2 heterocycles. The lowest BCUT2D eigenvalue weighted by Crippen LogP contribution is -2.44. The van der Waals surface area contributed by atoms with Gasteiger partial charge in [-0.1, -0.05) is 0 Å².